The van der Waals surface area contributed by atoms with Crippen molar-refractivity contribution in [1.82, 2.24) is 14.9 Å². The molecule has 0 aliphatic carbocycles. The maximum absolute atomic E-state index is 12.9. The molecule has 26 heavy (non-hydrogen) atoms. The Morgan fingerprint density at radius 1 is 0.885 bits per heavy atom. The van der Waals surface area contributed by atoms with E-state index >= 15 is 0 Å². The minimum absolute atomic E-state index is 0.0532. The van der Waals surface area contributed by atoms with Gasteiger partial charge >= 0.3 is 0 Å². The van der Waals surface area contributed by atoms with Crippen LogP contribution in [0, 0.1) is 10.1 Å². The normalized spacial score (nSPS) is 10.3. The number of nitro groups is 1. The number of amides is 1. The Kier molecular flexibility index (Phi) is 5.28. The lowest BCUT2D eigenvalue weighted by molar-refractivity contribution is -0.384. The predicted molar refractivity (Wildman–Crippen MR) is 95.1 cm³/mol. The van der Waals surface area contributed by atoms with Gasteiger partial charge in [0.25, 0.3) is 11.6 Å². The lowest BCUT2D eigenvalue weighted by atomic mass is 10.1. The Bertz CT molecular complexity index is 842. The van der Waals surface area contributed by atoms with E-state index in [4.69, 9.17) is 0 Å². The van der Waals surface area contributed by atoms with E-state index in [1.807, 2.05) is 36.4 Å². The molecule has 2 aromatic heterocycles. The number of hydrogen-bond donors (Lipinski definition) is 0. The first-order valence-electron chi connectivity index (χ1n) is 7.97. The summed E-state index contributed by atoms with van der Waals surface area (Å²) in [6, 6.07) is 16.6. The van der Waals surface area contributed by atoms with Gasteiger partial charge in [0.15, 0.2) is 0 Å². The number of nitrogens with zero attached hydrogens (tertiary/aromatic N) is 4. The highest BCUT2D eigenvalue weighted by molar-refractivity contribution is 5.94. The number of nitro benzene ring substituents is 1. The van der Waals surface area contributed by atoms with Crippen molar-refractivity contribution in [3.8, 4) is 0 Å². The van der Waals surface area contributed by atoms with Crippen LogP contribution in [0.4, 0.5) is 5.69 Å². The van der Waals surface area contributed by atoms with E-state index in [0.717, 1.165) is 11.4 Å². The van der Waals surface area contributed by atoms with Crippen LogP contribution in [0.5, 0.6) is 0 Å². The summed E-state index contributed by atoms with van der Waals surface area (Å²) in [6.45, 7) is 0.625. The molecule has 7 heteroatoms. The molecule has 0 spiro atoms. The van der Waals surface area contributed by atoms with Crippen molar-refractivity contribution in [3.63, 3.8) is 0 Å². The molecule has 3 aromatic rings. The molecule has 0 bridgehead atoms. The third-order valence-electron chi connectivity index (χ3n) is 3.77. The fraction of sp³-hybridized carbons (Fsp3) is 0.105. The topological polar surface area (TPSA) is 89.2 Å². The van der Waals surface area contributed by atoms with Crippen molar-refractivity contribution in [3.05, 3.63) is 100 Å². The van der Waals surface area contributed by atoms with Crippen molar-refractivity contribution in [2.75, 3.05) is 0 Å². The van der Waals surface area contributed by atoms with Crippen LogP contribution in [-0.2, 0) is 13.1 Å². The number of carbonyl (C=O) groups excluding carboxylic acids is 1. The zero-order valence-electron chi connectivity index (χ0n) is 13.9. The van der Waals surface area contributed by atoms with Crippen LogP contribution >= 0.6 is 0 Å². The summed E-state index contributed by atoms with van der Waals surface area (Å²) in [5.74, 6) is -0.240. The minimum atomic E-state index is -0.492. The van der Waals surface area contributed by atoms with Crippen LogP contribution in [0.15, 0.2) is 73.1 Å². The third-order valence-corrected chi connectivity index (χ3v) is 3.77. The van der Waals surface area contributed by atoms with E-state index in [1.54, 1.807) is 17.3 Å². The van der Waals surface area contributed by atoms with Gasteiger partial charge < -0.3 is 4.90 Å². The number of hydrogen-bond acceptors (Lipinski definition) is 5. The van der Waals surface area contributed by atoms with Crippen LogP contribution in [0.3, 0.4) is 0 Å². The summed E-state index contributed by atoms with van der Waals surface area (Å²) in [4.78, 5) is 33.4. The summed E-state index contributed by atoms with van der Waals surface area (Å²) in [6.07, 6.45) is 3.34. The van der Waals surface area contributed by atoms with Crippen molar-refractivity contribution >= 4 is 11.6 Å². The number of benzene rings is 1. The van der Waals surface area contributed by atoms with Crippen LogP contribution in [0.2, 0.25) is 0 Å². The summed E-state index contributed by atoms with van der Waals surface area (Å²) in [5, 5.41) is 10.8. The molecule has 0 fully saturated rings. The Morgan fingerprint density at radius 2 is 1.42 bits per heavy atom. The highest BCUT2D eigenvalue weighted by Gasteiger charge is 2.18. The highest BCUT2D eigenvalue weighted by atomic mass is 16.6. The van der Waals surface area contributed by atoms with Crippen LogP contribution in [0.1, 0.15) is 21.7 Å². The molecule has 0 aliphatic heterocycles. The van der Waals surface area contributed by atoms with Crippen LogP contribution in [-0.4, -0.2) is 25.7 Å². The Balaban J connectivity index is 1.85. The van der Waals surface area contributed by atoms with Gasteiger partial charge in [0.2, 0.25) is 0 Å². The van der Waals surface area contributed by atoms with E-state index in [0.29, 0.717) is 18.7 Å². The summed E-state index contributed by atoms with van der Waals surface area (Å²) >= 11 is 0. The fourth-order valence-corrected chi connectivity index (χ4v) is 2.48. The zero-order chi connectivity index (χ0) is 18.4. The molecular weight excluding hydrogens is 332 g/mol. The molecule has 2 heterocycles. The molecule has 0 aliphatic rings. The van der Waals surface area contributed by atoms with Crippen LogP contribution < -0.4 is 0 Å². The maximum atomic E-state index is 12.9. The standard InChI is InChI=1S/C19H16N4O3/c24-19(15-7-9-18(10-8-15)23(25)26)22(13-16-5-1-3-11-20-16)14-17-6-2-4-12-21-17/h1-12H,13-14H2. The molecule has 130 valence electrons. The largest absolute Gasteiger partial charge is 0.327 e. The quantitative estimate of drug-likeness (QED) is 0.504. The molecule has 0 N–H and O–H groups in total. The first-order valence-corrected chi connectivity index (χ1v) is 7.97. The molecule has 3 rings (SSSR count). The van der Waals surface area contributed by atoms with Crippen molar-refractivity contribution < 1.29 is 9.72 Å². The molecule has 0 atom stereocenters. The maximum Gasteiger partial charge on any atom is 0.269 e. The lowest BCUT2D eigenvalue weighted by Crippen LogP contribution is -2.30. The predicted octanol–water partition coefficient (Wildman–Crippen LogP) is 3.23. The smallest absolute Gasteiger partial charge is 0.269 e. The number of non-ortho nitro benzene ring substituents is 1. The van der Waals surface area contributed by atoms with E-state index in [9.17, 15) is 14.9 Å². The molecule has 1 aromatic carbocycles. The van der Waals surface area contributed by atoms with Gasteiger partial charge in [-0.25, -0.2) is 0 Å². The second-order valence-electron chi connectivity index (χ2n) is 5.61. The van der Waals surface area contributed by atoms with Gasteiger partial charge in [-0.05, 0) is 36.4 Å². The SMILES string of the molecule is O=C(c1ccc([N+](=O)[O-])cc1)N(Cc1ccccn1)Cc1ccccn1. The van der Waals surface area contributed by atoms with E-state index in [1.165, 1.54) is 24.3 Å². The second kappa shape index (κ2) is 7.98. The van der Waals surface area contributed by atoms with E-state index in [-0.39, 0.29) is 11.6 Å². The molecule has 0 unspecified atom stereocenters. The Hall–Kier alpha value is -3.61. The molecular formula is C19H16N4O3. The average Bonchev–Trinajstić information content (AvgIpc) is 2.68. The Morgan fingerprint density at radius 3 is 1.85 bits per heavy atom. The number of carbonyl (C=O) groups is 1. The molecule has 7 nitrogen and oxygen atoms in total. The van der Waals surface area contributed by atoms with Crippen LogP contribution in [0.25, 0.3) is 0 Å². The van der Waals surface area contributed by atoms with Gasteiger partial charge in [0.05, 0.1) is 29.4 Å². The second-order valence-corrected chi connectivity index (χ2v) is 5.61. The van der Waals surface area contributed by atoms with Crippen molar-refractivity contribution in [2.24, 2.45) is 0 Å². The Labute approximate surface area is 150 Å². The first kappa shape index (κ1) is 17.2. The molecule has 0 saturated carbocycles. The van der Waals surface area contributed by atoms with E-state index < -0.39 is 4.92 Å². The summed E-state index contributed by atoms with van der Waals surface area (Å²) in [7, 11) is 0. The lowest BCUT2D eigenvalue weighted by Gasteiger charge is -2.22. The highest BCUT2D eigenvalue weighted by Crippen LogP contribution is 2.16. The number of aromatic nitrogens is 2. The first-order chi connectivity index (χ1) is 12.6. The molecule has 0 radical (unpaired) electrons. The average molecular weight is 348 g/mol. The number of rotatable bonds is 6. The number of pyridine rings is 2. The van der Waals surface area contributed by atoms with E-state index in [2.05, 4.69) is 9.97 Å². The van der Waals surface area contributed by atoms with Crippen molar-refractivity contribution in [2.45, 2.75) is 13.1 Å². The van der Waals surface area contributed by atoms with Crippen molar-refractivity contribution in [1.29, 1.82) is 0 Å². The van der Waals surface area contributed by atoms with Gasteiger partial charge in [-0.2, -0.15) is 0 Å². The van der Waals surface area contributed by atoms with Gasteiger partial charge in [-0.1, -0.05) is 12.1 Å². The van der Waals surface area contributed by atoms with Gasteiger partial charge in [0.1, 0.15) is 0 Å². The minimum Gasteiger partial charge on any atom is -0.327 e. The summed E-state index contributed by atoms with van der Waals surface area (Å²) in [5.41, 5.74) is 1.82. The van der Waals surface area contributed by atoms with Gasteiger partial charge in [-0.3, -0.25) is 24.9 Å². The van der Waals surface area contributed by atoms with Gasteiger partial charge in [-0.15, -0.1) is 0 Å². The monoisotopic (exact) mass is 348 g/mol. The third kappa shape index (κ3) is 4.27. The van der Waals surface area contributed by atoms with Gasteiger partial charge in [0, 0.05) is 30.1 Å². The summed E-state index contributed by atoms with van der Waals surface area (Å²) < 4.78 is 0. The molecule has 0 saturated heterocycles. The zero-order valence-corrected chi connectivity index (χ0v) is 13.9. The molecule has 1 amide bonds. The fourth-order valence-electron chi connectivity index (χ4n) is 2.48.